The molecule has 2 nitrogen and oxygen atoms in total. The summed E-state index contributed by atoms with van der Waals surface area (Å²) in [4.78, 5) is 4.37. The first-order valence-electron chi connectivity index (χ1n) is 3.45. The maximum atomic E-state index is 4.37. The lowest BCUT2D eigenvalue weighted by Gasteiger charge is -2.13. The highest BCUT2D eigenvalue weighted by Crippen LogP contribution is 2.24. The molecule has 2 unspecified atom stereocenters. The van der Waals surface area contributed by atoms with Gasteiger partial charge < -0.3 is 5.32 Å². The summed E-state index contributed by atoms with van der Waals surface area (Å²) in [6.45, 7) is 1.16. The highest BCUT2D eigenvalue weighted by Gasteiger charge is 2.25. The van der Waals surface area contributed by atoms with E-state index in [9.17, 15) is 0 Å². The van der Waals surface area contributed by atoms with Crippen LogP contribution in [0.25, 0.3) is 0 Å². The summed E-state index contributed by atoms with van der Waals surface area (Å²) in [6.07, 6.45) is 0. The predicted molar refractivity (Wildman–Crippen MR) is 49.0 cm³/mol. The van der Waals surface area contributed by atoms with E-state index in [1.165, 1.54) is 11.5 Å². The highest BCUT2D eigenvalue weighted by atomic mass is 32.2. The molecule has 1 N–H and O–H groups in total. The van der Waals surface area contributed by atoms with Crippen molar-refractivity contribution in [1.29, 1.82) is 0 Å². The number of aliphatic imine (C=N–C) groups is 1. The SMILES string of the molecule is C1=NC(C2NCCS2)CS1. The zero-order valence-corrected chi connectivity index (χ0v) is 7.25. The molecule has 4 heteroatoms. The Hall–Kier alpha value is 0.330. The van der Waals surface area contributed by atoms with Gasteiger partial charge >= 0.3 is 0 Å². The molecule has 0 saturated carbocycles. The molecule has 10 heavy (non-hydrogen) atoms. The van der Waals surface area contributed by atoms with Gasteiger partial charge in [-0.25, -0.2) is 0 Å². The molecule has 2 aliphatic rings. The van der Waals surface area contributed by atoms with E-state index in [0.717, 1.165) is 6.54 Å². The smallest absolute Gasteiger partial charge is 0.0846 e. The molecular weight excluding hydrogens is 164 g/mol. The number of rotatable bonds is 1. The molecule has 0 aliphatic carbocycles. The standard InChI is InChI=1S/C6H10N2S2/c1-2-10-6(7-1)5-3-9-4-8-5/h4-7H,1-3H2. The number of nitrogens with one attached hydrogen (secondary N) is 1. The fourth-order valence-electron chi connectivity index (χ4n) is 1.16. The van der Waals surface area contributed by atoms with Gasteiger partial charge in [0.15, 0.2) is 0 Å². The Morgan fingerprint density at radius 1 is 1.60 bits per heavy atom. The quantitative estimate of drug-likeness (QED) is 0.636. The van der Waals surface area contributed by atoms with Crippen LogP contribution in [0.1, 0.15) is 0 Å². The van der Waals surface area contributed by atoms with E-state index < -0.39 is 0 Å². The van der Waals surface area contributed by atoms with Gasteiger partial charge in [-0.2, -0.15) is 0 Å². The molecule has 56 valence electrons. The normalized spacial score (nSPS) is 39.2. The van der Waals surface area contributed by atoms with Gasteiger partial charge in [0.1, 0.15) is 0 Å². The largest absolute Gasteiger partial charge is 0.303 e. The number of thioether (sulfide) groups is 2. The molecule has 0 radical (unpaired) electrons. The Morgan fingerprint density at radius 2 is 2.60 bits per heavy atom. The third-order valence-electron chi connectivity index (χ3n) is 1.69. The van der Waals surface area contributed by atoms with Gasteiger partial charge in [0.25, 0.3) is 0 Å². The Kier molecular flexibility index (Phi) is 2.21. The minimum absolute atomic E-state index is 0.539. The Bertz CT molecular complexity index is 143. The van der Waals surface area contributed by atoms with Gasteiger partial charge in [-0.05, 0) is 0 Å². The zero-order valence-electron chi connectivity index (χ0n) is 5.62. The summed E-state index contributed by atoms with van der Waals surface area (Å²) in [6, 6.07) is 0.539. The number of hydrogen-bond donors (Lipinski definition) is 1. The van der Waals surface area contributed by atoms with E-state index >= 15 is 0 Å². The van der Waals surface area contributed by atoms with Crippen molar-refractivity contribution in [3.63, 3.8) is 0 Å². The van der Waals surface area contributed by atoms with Crippen LogP contribution in [0.2, 0.25) is 0 Å². The second kappa shape index (κ2) is 3.15. The van der Waals surface area contributed by atoms with Crippen molar-refractivity contribution < 1.29 is 0 Å². The van der Waals surface area contributed by atoms with E-state index in [2.05, 4.69) is 10.3 Å². The summed E-state index contributed by atoms with van der Waals surface area (Å²) in [7, 11) is 0. The third-order valence-corrected chi connectivity index (χ3v) is 3.77. The maximum Gasteiger partial charge on any atom is 0.0846 e. The minimum Gasteiger partial charge on any atom is -0.303 e. The van der Waals surface area contributed by atoms with Gasteiger partial charge in [0.2, 0.25) is 0 Å². The molecular formula is C6H10N2S2. The molecule has 1 saturated heterocycles. The molecule has 2 aliphatic heterocycles. The first kappa shape index (κ1) is 7.00. The average Bonchev–Trinajstić information content (AvgIpc) is 2.59. The summed E-state index contributed by atoms with van der Waals surface area (Å²) in [5.41, 5.74) is 1.98. The van der Waals surface area contributed by atoms with Crippen LogP contribution in [-0.2, 0) is 0 Å². The van der Waals surface area contributed by atoms with E-state index in [-0.39, 0.29) is 0 Å². The minimum atomic E-state index is 0.539. The van der Waals surface area contributed by atoms with Crippen LogP contribution < -0.4 is 5.32 Å². The van der Waals surface area contributed by atoms with Gasteiger partial charge in [0, 0.05) is 18.1 Å². The number of hydrogen-bond acceptors (Lipinski definition) is 4. The van der Waals surface area contributed by atoms with Crippen molar-refractivity contribution in [1.82, 2.24) is 5.32 Å². The molecule has 2 heterocycles. The van der Waals surface area contributed by atoms with Gasteiger partial charge in [-0.15, -0.1) is 23.5 Å². The van der Waals surface area contributed by atoms with Crippen molar-refractivity contribution in [3.8, 4) is 0 Å². The molecule has 1 fully saturated rings. The monoisotopic (exact) mass is 174 g/mol. The van der Waals surface area contributed by atoms with Crippen LogP contribution in [0.15, 0.2) is 4.99 Å². The predicted octanol–water partition coefficient (Wildman–Crippen LogP) is 0.793. The van der Waals surface area contributed by atoms with Crippen molar-refractivity contribution in [3.05, 3.63) is 0 Å². The van der Waals surface area contributed by atoms with E-state index in [4.69, 9.17) is 0 Å². The summed E-state index contributed by atoms with van der Waals surface area (Å²) in [5.74, 6) is 2.42. The molecule has 0 aromatic heterocycles. The van der Waals surface area contributed by atoms with Crippen molar-refractivity contribution in [2.24, 2.45) is 4.99 Å². The van der Waals surface area contributed by atoms with Crippen molar-refractivity contribution >= 4 is 29.1 Å². The topological polar surface area (TPSA) is 24.4 Å². The van der Waals surface area contributed by atoms with Gasteiger partial charge in [-0.1, -0.05) is 0 Å². The van der Waals surface area contributed by atoms with Gasteiger partial charge in [0.05, 0.1) is 17.0 Å². The van der Waals surface area contributed by atoms with E-state index in [0.29, 0.717) is 11.4 Å². The molecule has 0 amide bonds. The fourth-order valence-corrected chi connectivity index (χ4v) is 3.20. The highest BCUT2D eigenvalue weighted by molar-refractivity contribution is 8.12. The first-order chi connectivity index (χ1) is 4.97. The second-order valence-corrected chi connectivity index (χ2v) is 4.53. The average molecular weight is 174 g/mol. The lowest BCUT2D eigenvalue weighted by molar-refractivity contribution is 0.624. The Morgan fingerprint density at radius 3 is 3.20 bits per heavy atom. The van der Waals surface area contributed by atoms with Crippen molar-refractivity contribution in [2.45, 2.75) is 11.4 Å². The third kappa shape index (κ3) is 1.33. The number of nitrogens with zero attached hydrogens (tertiary/aromatic N) is 1. The Labute approximate surface area is 69.2 Å². The zero-order chi connectivity index (χ0) is 6.81. The Balaban J connectivity index is 1.91. The summed E-state index contributed by atoms with van der Waals surface area (Å²) < 4.78 is 0. The molecule has 2 rings (SSSR count). The first-order valence-corrected chi connectivity index (χ1v) is 5.55. The van der Waals surface area contributed by atoms with E-state index in [1.54, 1.807) is 0 Å². The lowest BCUT2D eigenvalue weighted by Crippen LogP contribution is -2.31. The van der Waals surface area contributed by atoms with E-state index in [1.807, 2.05) is 29.1 Å². The summed E-state index contributed by atoms with van der Waals surface area (Å²) in [5, 5.41) is 4.04. The van der Waals surface area contributed by atoms with Crippen LogP contribution >= 0.6 is 23.5 Å². The molecule has 0 bridgehead atoms. The lowest BCUT2D eigenvalue weighted by atomic mass is 10.3. The second-order valence-electron chi connectivity index (χ2n) is 2.40. The molecule has 0 aromatic carbocycles. The van der Waals surface area contributed by atoms with Crippen LogP contribution in [0.3, 0.4) is 0 Å². The van der Waals surface area contributed by atoms with Gasteiger partial charge in [-0.3, -0.25) is 4.99 Å². The molecule has 0 aromatic rings. The molecule has 2 atom stereocenters. The van der Waals surface area contributed by atoms with Crippen LogP contribution in [-0.4, -0.2) is 35.0 Å². The fraction of sp³-hybridized carbons (Fsp3) is 0.833. The van der Waals surface area contributed by atoms with Crippen LogP contribution in [0, 0.1) is 0 Å². The molecule has 0 spiro atoms. The van der Waals surface area contributed by atoms with Crippen LogP contribution in [0.5, 0.6) is 0 Å². The maximum absolute atomic E-state index is 4.37. The van der Waals surface area contributed by atoms with Crippen molar-refractivity contribution in [2.75, 3.05) is 18.1 Å². The summed E-state index contributed by atoms with van der Waals surface area (Å²) >= 11 is 3.83. The van der Waals surface area contributed by atoms with Crippen LogP contribution in [0.4, 0.5) is 0 Å².